The topological polar surface area (TPSA) is 9.23 Å². The van der Waals surface area contributed by atoms with E-state index in [1.165, 1.54) is 49.9 Å². The van der Waals surface area contributed by atoms with Gasteiger partial charge in [-0.15, -0.1) is 0 Å². The van der Waals surface area contributed by atoms with Crippen molar-refractivity contribution in [2.75, 3.05) is 0 Å². The van der Waals surface area contributed by atoms with Crippen LogP contribution in [-0.2, 0) is 5.41 Å². The van der Waals surface area contributed by atoms with Crippen LogP contribution in [0.3, 0.4) is 0 Å². The van der Waals surface area contributed by atoms with Gasteiger partial charge in [-0.2, -0.15) is 0 Å². The summed E-state index contributed by atoms with van der Waals surface area (Å²) in [4.78, 5) is 0. The number of hydrogen-bond acceptors (Lipinski definition) is 1. The molecule has 1 unspecified atom stereocenters. The molecule has 0 N–H and O–H groups in total. The molecule has 2 aliphatic rings. The number of rotatable bonds is 0. The molecule has 0 aromatic heterocycles. The summed E-state index contributed by atoms with van der Waals surface area (Å²) in [5.74, 6) is 1.84. The highest BCUT2D eigenvalue weighted by Crippen LogP contribution is 2.61. The molecule has 37 heavy (non-hydrogen) atoms. The van der Waals surface area contributed by atoms with Gasteiger partial charge in [0.2, 0.25) is 0 Å². The van der Waals surface area contributed by atoms with Gasteiger partial charge in [0.15, 0.2) is 0 Å². The van der Waals surface area contributed by atoms with Crippen molar-refractivity contribution in [1.29, 1.82) is 0 Å². The summed E-state index contributed by atoms with van der Waals surface area (Å²) in [5, 5.41) is 2.31. The Balaban J connectivity index is 1.66. The lowest BCUT2D eigenvalue weighted by Crippen LogP contribution is -2.34. The molecule has 6 aromatic carbocycles. The average molecular weight is 537 g/mol. The van der Waals surface area contributed by atoms with E-state index in [4.69, 9.17) is 4.74 Å². The molecule has 0 amide bonds. The Morgan fingerprint density at radius 2 is 1.11 bits per heavy atom. The van der Waals surface area contributed by atoms with Crippen molar-refractivity contribution in [2.45, 2.75) is 5.41 Å². The van der Waals surface area contributed by atoms with Gasteiger partial charge in [-0.25, -0.2) is 0 Å². The second-order valence-electron chi connectivity index (χ2n) is 9.79. The summed E-state index contributed by atoms with van der Waals surface area (Å²) in [6, 6.07) is 46.1. The fourth-order valence-corrected chi connectivity index (χ4v) is 6.92. The highest BCUT2D eigenvalue weighted by atomic mass is 79.9. The molecule has 0 bridgehead atoms. The number of benzene rings is 6. The Hall–Kier alpha value is -4.14. The van der Waals surface area contributed by atoms with E-state index in [0.717, 1.165) is 21.4 Å². The molecule has 0 radical (unpaired) electrons. The summed E-state index contributed by atoms with van der Waals surface area (Å²) in [7, 11) is 0. The predicted molar refractivity (Wildman–Crippen MR) is 154 cm³/mol. The van der Waals surface area contributed by atoms with Gasteiger partial charge in [0.1, 0.15) is 11.5 Å². The Morgan fingerprint density at radius 1 is 0.486 bits per heavy atom. The minimum absolute atomic E-state index is 0.556. The molecule has 174 valence electrons. The zero-order valence-electron chi connectivity index (χ0n) is 19.9. The van der Waals surface area contributed by atoms with Gasteiger partial charge in [0, 0.05) is 21.0 Å². The third-order valence-corrected chi connectivity index (χ3v) is 8.50. The number of hydrogen-bond donors (Lipinski definition) is 0. The van der Waals surface area contributed by atoms with Crippen LogP contribution in [0, 0.1) is 0 Å². The molecule has 1 aliphatic heterocycles. The van der Waals surface area contributed by atoms with Crippen molar-refractivity contribution >= 4 is 26.7 Å². The zero-order valence-corrected chi connectivity index (χ0v) is 21.5. The van der Waals surface area contributed by atoms with E-state index in [9.17, 15) is 0 Å². The predicted octanol–water partition coefficient (Wildman–Crippen LogP) is 9.74. The summed E-state index contributed by atoms with van der Waals surface area (Å²) >= 11 is 3.79. The van der Waals surface area contributed by atoms with Gasteiger partial charge in [0.05, 0.1) is 5.41 Å². The van der Waals surface area contributed by atoms with Crippen LogP contribution in [0.4, 0.5) is 0 Å². The van der Waals surface area contributed by atoms with Gasteiger partial charge >= 0.3 is 0 Å². The minimum atomic E-state index is -0.556. The largest absolute Gasteiger partial charge is 0.456 e. The quantitative estimate of drug-likeness (QED) is 0.187. The van der Waals surface area contributed by atoms with Gasteiger partial charge < -0.3 is 4.74 Å². The molecule has 0 saturated carbocycles. The van der Waals surface area contributed by atoms with E-state index in [1.54, 1.807) is 0 Å². The summed E-state index contributed by atoms with van der Waals surface area (Å²) < 4.78 is 7.85. The fourth-order valence-electron chi connectivity index (χ4n) is 6.56. The number of halogens is 1. The van der Waals surface area contributed by atoms with Gasteiger partial charge in [-0.05, 0) is 57.0 Å². The van der Waals surface area contributed by atoms with Crippen molar-refractivity contribution in [1.82, 2.24) is 0 Å². The number of fused-ring (bicyclic) bond motifs is 13. The molecule has 0 fully saturated rings. The second-order valence-corrected chi connectivity index (χ2v) is 10.7. The van der Waals surface area contributed by atoms with Gasteiger partial charge in [0.25, 0.3) is 0 Å². The highest BCUT2D eigenvalue weighted by molar-refractivity contribution is 9.10. The van der Waals surface area contributed by atoms with Gasteiger partial charge in [-0.3, -0.25) is 0 Å². The zero-order chi connectivity index (χ0) is 24.6. The first-order chi connectivity index (χ1) is 18.3. The molecule has 1 aliphatic carbocycles. The molecule has 1 spiro atoms. The highest BCUT2D eigenvalue weighted by Gasteiger charge is 2.49. The Labute approximate surface area is 224 Å². The Morgan fingerprint density at radius 3 is 1.97 bits per heavy atom. The molecule has 1 heterocycles. The first kappa shape index (κ1) is 21.0. The van der Waals surface area contributed by atoms with Crippen LogP contribution < -0.4 is 4.74 Å². The Kier molecular flexibility index (Phi) is 4.36. The van der Waals surface area contributed by atoms with Crippen molar-refractivity contribution in [3.63, 3.8) is 0 Å². The van der Waals surface area contributed by atoms with Crippen LogP contribution in [0.1, 0.15) is 22.3 Å². The summed E-state index contributed by atoms with van der Waals surface area (Å²) in [6.45, 7) is 0. The van der Waals surface area contributed by atoms with E-state index < -0.39 is 5.41 Å². The van der Waals surface area contributed by atoms with Crippen LogP contribution in [0.15, 0.2) is 132 Å². The molecular formula is C35H21BrO. The summed E-state index contributed by atoms with van der Waals surface area (Å²) in [5.41, 5.74) is 9.31. The van der Waals surface area contributed by atoms with Crippen molar-refractivity contribution < 1.29 is 4.74 Å². The molecule has 1 nitrogen and oxygen atoms in total. The third-order valence-electron chi connectivity index (χ3n) is 8.01. The maximum atomic E-state index is 6.78. The SMILES string of the molecule is Brc1ccc2c(c1)-c1ccccc1-c1ccccc1C21c2ccccc2Oc2c1ccc1ccccc21. The molecule has 2 heteroatoms. The second kappa shape index (κ2) is 7.68. The van der Waals surface area contributed by atoms with E-state index in [0.29, 0.717) is 0 Å². The average Bonchev–Trinajstić information content (AvgIpc) is 3.05. The third kappa shape index (κ3) is 2.74. The van der Waals surface area contributed by atoms with Crippen molar-refractivity contribution in [2.24, 2.45) is 0 Å². The van der Waals surface area contributed by atoms with Crippen LogP contribution in [0.25, 0.3) is 33.0 Å². The Bertz CT molecular complexity index is 1890. The summed E-state index contributed by atoms with van der Waals surface area (Å²) in [6.07, 6.45) is 0. The van der Waals surface area contributed by atoms with Crippen LogP contribution >= 0.6 is 15.9 Å². The van der Waals surface area contributed by atoms with Crippen LogP contribution in [0.5, 0.6) is 11.5 Å². The fraction of sp³-hybridized carbons (Fsp3) is 0.0286. The van der Waals surface area contributed by atoms with Crippen LogP contribution in [0.2, 0.25) is 0 Å². The monoisotopic (exact) mass is 536 g/mol. The van der Waals surface area contributed by atoms with Crippen molar-refractivity contribution in [3.05, 3.63) is 154 Å². The van der Waals surface area contributed by atoms with Gasteiger partial charge in [-0.1, -0.05) is 125 Å². The smallest absolute Gasteiger partial charge is 0.140 e. The maximum absolute atomic E-state index is 6.78. The molecular weight excluding hydrogens is 516 g/mol. The van der Waals surface area contributed by atoms with E-state index in [2.05, 4.69) is 143 Å². The van der Waals surface area contributed by atoms with E-state index in [-0.39, 0.29) is 0 Å². The molecule has 8 rings (SSSR count). The van der Waals surface area contributed by atoms with E-state index in [1.807, 2.05) is 0 Å². The lowest BCUT2D eigenvalue weighted by Gasteiger charge is -2.42. The minimum Gasteiger partial charge on any atom is -0.456 e. The molecule has 6 aromatic rings. The first-order valence-corrected chi connectivity index (χ1v) is 13.3. The first-order valence-electron chi connectivity index (χ1n) is 12.6. The lowest BCUT2D eigenvalue weighted by atomic mass is 9.62. The van der Waals surface area contributed by atoms with Crippen molar-refractivity contribution in [3.8, 4) is 33.8 Å². The number of ether oxygens (including phenoxy) is 1. The number of para-hydroxylation sites is 1. The van der Waals surface area contributed by atoms with Crippen LogP contribution in [-0.4, -0.2) is 0 Å². The normalized spacial score (nSPS) is 16.6. The standard InChI is InChI=1S/C35H21BrO/c36-23-18-20-30-28(21-23)26-12-4-3-11-25(26)27-13-5-6-14-29(27)35(30)31-15-7-8-16-33(31)37-34-24-10-2-1-9-22(24)17-19-32(34)35/h1-21H. The lowest BCUT2D eigenvalue weighted by molar-refractivity contribution is 0.440. The van der Waals surface area contributed by atoms with E-state index >= 15 is 0 Å². The molecule has 1 atom stereocenters. The molecule has 0 saturated heterocycles. The maximum Gasteiger partial charge on any atom is 0.140 e.